The molecule has 0 aromatic rings. The number of rotatable bonds is 13. The van der Waals surface area contributed by atoms with Crippen LogP contribution in [0.2, 0.25) is 18.3 Å². The van der Waals surface area contributed by atoms with Crippen molar-refractivity contribution in [2.45, 2.75) is 72.1 Å². The lowest BCUT2D eigenvalue weighted by atomic mass is 10.3. The monoisotopic (exact) mass is 336 g/mol. The number of hydrogen-bond donors (Lipinski definition) is 0. The average Bonchev–Trinajstić information content (AvgIpc) is 2.40. The van der Waals surface area contributed by atoms with E-state index in [4.69, 9.17) is 17.7 Å². The molecule has 0 aliphatic heterocycles. The standard InChI is InChI=1S/C15H36O4Si2/c1-8-13-14-15(20(6,16-9-2)17-10-3)21(7,18-11-4)19-12-5/h15H,8-14H2,1-7H3. The van der Waals surface area contributed by atoms with Gasteiger partial charge in [-0.2, -0.15) is 0 Å². The van der Waals surface area contributed by atoms with E-state index < -0.39 is 17.1 Å². The van der Waals surface area contributed by atoms with Gasteiger partial charge in [0.05, 0.1) is 0 Å². The fourth-order valence-corrected chi connectivity index (χ4v) is 12.6. The molecule has 0 atom stereocenters. The first-order chi connectivity index (χ1) is 9.94. The van der Waals surface area contributed by atoms with E-state index in [1.807, 2.05) is 27.7 Å². The molecule has 0 bridgehead atoms. The second-order valence-electron chi connectivity index (χ2n) is 5.46. The Hall–Kier alpha value is 0.274. The van der Waals surface area contributed by atoms with Crippen LogP contribution in [0.1, 0.15) is 53.9 Å². The summed E-state index contributed by atoms with van der Waals surface area (Å²) in [5.41, 5.74) is 0. The molecule has 0 amide bonds. The zero-order valence-corrected chi connectivity index (χ0v) is 17.2. The van der Waals surface area contributed by atoms with E-state index in [-0.39, 0.29) is 0 Å². The molecular formula is C15H36O4Si2. The van der Waals surface area contributed by atoms with Crippen molar-refractivity contribution >= 4 is 17.1 Å². The quantitative estimate of drug-likeness (QED) is 0.468. The summed E-state index contributed by atoms with van der Waals surface area (Å²) in [6.07, 6.45) is 3.40. The molecule has 0 N–H and O–H groups in total. The summed E-state index contributed by atoms with van der Waals surface area (Å²) in [6.45, 7) is 17.5. The van der Waals surface area contributed by atoms with Crippen molar-refractivity contribution < 1.29 is 17.7 Å². The van der Waals surface area contributed by atoms with Crippen molar-refractivity contribution in [1.29, 1.82) is 0 Å². The van der Waals surface area contributed by atoms with Gasteiger partial charge >= 0.3 is 17.1 Å². The van der Waals surface area contributed by atoms with Crippen LogP contribution >= 0.6 is 0 Å². The molecule has 6 heteroatoms. The summed E-state index contributed by atoms with van der Waals surface area (Å²) < 4.78 is 24.6. The van der Waals surface area contributed by atoms with E-state index in [1.165, 1.54) is 6.42 Å². The van der Waals surface area contributed by atoms with Gasteiger partial charge in [0.15, 0.2) is 0 Å². The van der Waals surface area contributed by atoms with E-state index in [2.05, 4.69) is 20.0 Å². The molecule has 0 unspecified atom stereocenters. The Morgan fingerprint density at radius 1 is 0.667 bits per heavy atom. The summed E-state index contributed by atoms with van der Waals surface area (Å²) in [6, 6.07) is 0. The highest BCUT2D eigenvalue weighted by Crippen LogP contribution is 2.39. The summed E-state index contributed by atoms with van der Waals surface area (Å²) >= 11 is 0. The Kier molecular flexibility index (Phi) is 11.1. The highest BCUT2D eigenvalue weighted by atomic mass is 28.4. The van der Waals surface area contributed by atoms with Gasteiger partial charge in [0.1, 0.15) is 0 Å². The third-order valence-corrected chi connectivity index (χ3v) is 13.5. The molecule has 0 aliphatic carbocycles. The molecule has 0 aromatic carbocycles. The Bertz CT molecular complexity index is 230. The zero-order chi connectivity index (χ0) is 16.4. The Morgan fingerprint density at radius 3 is 1.24 bits per heavy atom. The molecule has 128 valence electrons. The minimum Gasteiger partial charge on any atom is -0.395 e. The summed E-state index contributed by atoms with van der Waals surface area (Å²) in [7, 11) is -4.63. The zero-order valence-electron chi connectivity index (χ0n) is 15.2. The van der Waals surface area contributed by atoms with E-state index in [0.717, 1.165) is 12.8 Å². The molecule has 0 spiro atoms. The van der Waals surface area contributed by atoms with Gasteiger partial charge in [-0.15, -0.1) is 0 Å². The normalized spacial score (nSPS) is 13.1. The predicted octanol–water partition coefficient (Wildman–Crippen LogP) is 4.38. The predicted molar refractivity (Wildman–Crippen MR) is 93.0 cm³/mol. The Morgan fingerprint density at radius 2 is 1.00 bits per heavy atom. The molecule has 0 saturated carbocycles. The first kappa shape index (κ1) is 21.3. The van der Waals surface area contributed by atoms with Gasteiger partial charge in [-0.1, -0.05) is 19.8 Å². The van der Waals surface area contributed by atoms with Crippen LogP contribution < -0.4 is 0 Å². The number of hydrogen-bond acceptors (Lipinski definition) is 4. The molecule has 21 heavy (non-hydrogen) atoms. The van der Waals surface area contributed by atoms with Crippen LogP contribution in [0.4, 0.5) is 0 Å². The maximum atomic E-state index is 6.16. The molecule has 0 saturated heterocycles. The first-order valence-electron chi connectivity index (χ1n) is 8.49. The van der Waals surface area contributed by atoms with E-state index in [0.29, 0.717) is 31.6 Å². The number of unbranched alkanes of at least 4 members (excludes halogenated alkanes) is 1. The highest BCUT2D eigenvalue weighted by molar-refractivity contribution is 6.87. The van der Waals surface area contributed by atoms with Gasteiger partial charge < -0.3 is 17.7 Å². The Balaban J connectivity index is 5.44. The fraction of sp³-hybridized carbons (Fsp3) is 1.00. The fourth-order valence-electron chi connectivity index (χ4n) is 3.04. The van der Waals surface area contributed by atoms with Gasteiger partial charge in [0.25, 0.3) is 0 Å². The van der Waals surface area contributed by atoms with Gasteiger partial charge in [0.2, 0.25) is 0 Å². The van der Waals surface area contributed by atoms with Crippen LogP contribution in [0, 0.1) is 0 Å². The van der Waals surface area contributed by atoms with Gasteiger partial charge in [0, 0.05) is 31.6 Å². The van der Waals surface area contributed by atoms with Crippen molar-refractivity contribution in [3.8, 4) is 0 Å². The molecule has 0 radical (unpaired) electrons. The minimum absolute atomic E-state index is 0.296. The van der Waals surface area contributed by atoms with Crippen LogP contribution in [0.15, 0.2) is 0 Å². The summed E-state index contributed by atoms with van der Waals surface area (Å²) in [4.78, 5) is 0. The second kappa shape index (κ2) is 10.9. The lowest BCUT2D eigenvalue weighted by Crippen LogP contribution is -2.58. The van der Waals surface area contributed by atoms with Crippen molar-refractivity contribution in [1.82, 2.24) is 0 Å². The molecule has 0 fully saturated rings. The van der Waals surface area contributed by atoms with Crippen LogP contribution in [0.3, 0.4) is 0 Å². The minimum atomic E-state index is -2.31. The lowest BCUT2D eigenvalue weighted by Gasteiger charge is -2.42. The van der Waals surface area contributed by atoms with E-state index in [1.54, 1.807) is 0 Å². The molecule has 0 aliphatic rings. The topological polar surface area (TPSA) is 36.9 Å². The van der Waals surface area contributed by atoms with Crippen LogP contribution in [0.25, 0.3) is 0 Å². The largest absolute Gasteiger partial charge is 0.395 e. The lowest BCUT2D eigenvalue weighted by molar-refractivity contribution is 0.152. The van der Waals surface area contributed by atoms with Crippen LogP contribution in [0.5, 0.6) is 0 Å². The molecule has 4 nitrogen and oxygen atoms in total. The smallest absolute Gasteiger partial charge is 0.340 e. The summed E-state index contributed by atoms with van der Waals surface area (Å²) in [5, 5.41) is 0.296. The van der Waals surface area contributed by atoms with Gasteiger partial charge in [-0.05, 0) is 47.2 Å². The van der Waals surface area contributed by atoms with Crippen LogP contribution in [-0.4, -0.2) is 43.5 Å². The van der Waals surface area contributed by atoms with Crippen molar-refractivity contribution in [3.05, 3.63) is 0 Å². The second-order valence-corrected chi connectivity index (χ2v) is 12.6. The SMILES string of the molecule is CCCCC([Si](C)(OCC)OCC)[Si](C)(OCC)OCC. The maximum absolute atomic E-state index is 6.16. The van der Waals surface area contributed by atoms with E-state index >= 15 is 0 Å². The van der Waals surface area contributed by atoms with Crippen LogP contribution in [-0.2, 0) is 17.7 Å². The van der Waals surface area contributed by atoms with Crippen molar-refractivity contribution in [2.75, 3.05) is 26.4 Å². The summed E-state index contributed by atoms with van der Waals surface area (Å²) in [5.74, 6) is 0. The van der Waals surface area contributed by atoms with Crippen molar-refractivity contribution in [3.63, 3.8) is 0 Å². The molecular weight excluding hydrogens is 300 g/mol. The van der Waals surface area contributed by atoms with Gasteiger partial charge in [-0.25, -0.2) is 0 Å². The average molecular weight is 337 g/mol. The third kappa shape index (κ3) is 6.50. The Labute approximate surface area is 134 Å². The molecule has 0 aromatic heterocycles. The molecule has 0 rings (SSSR count). The third-order valence-electron chi connectivity index (χ3n) is 3.84. The van der Waals surface area contributed by atoms with Gasteiger partial charge in [-0.3, -0.25) is 0 Å². The first-order valence-corrected chi connectivity index (χ1v) is 13.3. The van der Waals surface area contributed by atoms with E-state index in [9.17, 15) is 0 Å². The maximum Gasteiger partial charge on any atom is 0.340 e. The van der Waals surface area contributed by atoms with Crippen molar-refractivity contribution in [2.24, 2.45) is 0 Å². The highest BCUT2D eigenvalue weighted by Gasteiger charge is 2.54. The molecule has 0 heterocycles.